The van der Waals surface area contributed by atoms with Crippen molar-refractivity contribution in [2.24, 2.45) is 0 Å². The summed E-state index contributed by atoms with van der Waals surface area (Å²) in [5.74, 6) is -0.653. The predicted octanol–water partition coefficient (Wildman–Crippen LogP) is 1.89. The number of nitrogens with zero attached hydrogens (tertiary/aromatic N) is 3. The lowest BCUT2D eigenvalue weighted by Gasteiger charge is -2.31. The molecule has 1 aliphatic heterocycles. The number of amides is 1. The number of thioether (sulfide) groups is 1. The third-order valence-electron chi connectivity index (χ3n) is 3.92. The Labute approximate surface area is 128 Å². The zero-order valence-corrected chi connectivity index (χ0v) is 13.5. The first-order valence-corrected chi connectivity index (χ1v) is 7.98. The van der Waals surface area contributed by atoms with Crippen molar-refractivity contribution in [2.75, 3.05) is 12.8 Å². The third-order valence-corrected chi connectivity index (χ3v) is 4.60. The monoisotopic (exact) mass is 309 g/mol. The maximum Gasteiger partial charge on any atom is 0.329 e. The summed E-state index contributed by atoms with van der Waals surface area (Å²) in [6.45, 7) is 5.58. The van der Waals surface area contributed by atoms with Crippen LogP contribution in [0.4, 0.5) is 0 Å². The Morgan fingerprint density at radius 3 is 2.57 bits per heavy atom. The van der Waals surface area contributed by atoms with Gasteiger partial charge in [-0.2, -0.15) is 0 Å². The first-order chi connectivity index (χ1) is 9.81. The van der Waals surface area contributed by atoms with E-state index in [0.29, 0.717) is 41.5 Å². The molecule has 114 valence electrons. The number of aryl methyl sites for hydroxylation is 2. The van der Waals surface area contributed by atoms with Gasteiger partial charge in [0, 0.05) is 6.54 Å². The quantitative estimate of drug-likeness (QED) is 0.678. The predicted molar refractivity (Wildman–Crippen MR) is 79.6 cm³/mol. The van der Waals surface area contributed by atoms with Crippen molar-refractivity contribution in [3.8, 4) is 0 Å². The van der Waals surface area contributed by atoms with Gasteiger partial charge in [-0.25, -0.2) is 14.8 Å². The molecule has 1 amide bonds. The van der Waals surface area contributed by atoms with Crippen LogP contribution >= 0.6 is 11.8 Å². The lowest BCUT2D eigenvalue weighted by atomic mass is 9.98. The third kappa shape index (κ3) is 2.62. The molecular weight excluding hydrogens is 290 g/mol. The lowest BCUT2D eigenvalue weighted by Crippen LogP contribution is -2.51. The smallest absolute Gasteiger partial charge is 0.329 e. The average molecular weight is 309 g/mol. The lowest BCUT2D eigenvalue weighted by molar-refractivity contribution is -0.147. The first-order valence-electron chi connectivity index (χ1n) is 6.76. The number of aliphatic carboxylic acids is 1. The van der Waals surface area contributed by atoms with Crippen LogP contribution in [-0.4, -0.2) is 50.2 Å². The normalized spacial score (nSPS) is 21.6. The second kappa shape index (κ2) is 5.63. The molecule has 1 aromatic rings. The number of hydrogen-bond donors (Lipinski definition) is 1. The van der Waals surface area contributed by atoms with Gasteiger partial charge in [0.25, 0.3) is 5.91 Å². The molecule has 1 N–H and O–H groups in total. The summed E-state index contributed by atoms with van der Waals surface area (Å²) in [5, 5.41) is 10.0. The largest absolute Gasteiger partial charge is 0.480 e. The van der Waals surface area contributed by atoms with Crippen molar-refractivity contribution in [1.82, 2.24) is 14.9 Å². The van der Waals surface area contributed by atoms with Crippen LogP contribution in [0.3, 0.4) is 0 Å². The van der Waals surface area contributed by atoms with Gasteiger partial charge in [-0.1, -0.05) is 0 Å². The maximum absolute atomic E-state index is 12.8. The molecule has 1 saturated heterocycles. The molecule has 21 heavy (non-hydrogen) atoms. The number of aromatic nitrogens is 2. The minimum Gasteiger partial charge on any atom is -0.480 e. The molecule has 0 aromatic carbocycles. The van der Waals surface area contributed by atoms with E-state index in [4.69, 9.17) is 0 Å². The zero-order chi connectivity index (χ0) is 15.8. The van der Waals surface area contributed by atoms with Crippen molar-refractivity contribution in [3.05, 3.63) is 17.1 Å². The van der Waals surface area contributed by atoms with Gasteiger partial charge < -0.3 is 10.0 Å². The van der Waals surface area contributed by atoms with E-state index < -0.39 is 11.5 Å². The van der Waals surface area contributed by atoms with Crippen molar-refractivity contribution in [2.45, 2.75) is 44.2 Å². The Bertz CT molecular complexity index is 605. The number of rotatable bonds is 3. The summed E-state index contributed by atoms with van der Waals surface area (Å²) in [7, 11) is 0. The van der Waals surface area contributed by atoms with Crippen molar-refractivity contribution in [3.63, 3.8) is 0 Å². The van der Waals surface area contributed by atoms with E-state index in [9.17, 15) is 14.7 Å². The van der Waals surface area contributed by atoms with Gasteiger partial charge in [-0.3, -0.25) is 4.79 Å². The van der Waals surface area contributed by atoms with Gasteiger partial charge in [0.15, 0.2) is 0 Å². The van der Waals surface area contributed by atoms with E-state index in [2.05, 4.69) is 9.97 Å². The Morgan fingerprint density at radius 2 is 2.00 bits per heavy atom. The van der Waals surface area contributed by atoms with Crippen LogP contribution in [0.25, 0.3) is 0 Å². The van der Waals surface area contributed by atoms with Crippen LogP contribution in [0.15, 0.2) is 5.03 Å². The highest BCUT2D eigenvalue weighted by atomic mass is 32.2. The molecule has 1 aromatic heterocycles. The van der Waals surface area contributed by atoms with Gasteiger partial charge in [0.1, 0.15) is 16.4 Å². The maximum atomic E-state index is 12.8. The van der Waals surface area contributed by atoms with Crippen molar-refractivity contribution < 1.29 is 14.7 Å². The fourth-order valence-electron chi connectivity index (χ4n) is 2.72. The number of likely N-dealkylation sites (tertiary alicyclic amines) is 1. The SMILES string of the molecule is CSc1nc(C)nc(C)c1C(=O)N1CCCC1(C)C(=O)O. The highest BCUT2D eigenvalue weighted by Crippen LogP contribution is 2.33. The summed E-state index contributed by atoms with van der Waals surface area (Å²) in [6, 6.07) is 0. The van der Waals surface area contributed by atoms with Crippen LogP contribution in [0.5, 0.6) is 0 Å². The summed E-state index contributed by atoms with van der Waals surface area (Å²) in [4.78, 5) is 34.4. The molecule has 2 heterocycles. The molecule has 0 saturated carbocycles. The van der Waals surface area contributed by atoms with Gasteiger partial charge in [0.05, 0.1) is 11.3 Å². The average Bonchev–Trinajstić information content (AvgIpc) is 2.80. The molecule has 1 aliphatic rings. The summed E-state index contributed by atoms with van der Waals surface area (Å²) in [6.07, 6.45) is 3.00. The standard InChI is InChI=1S/C14H19N3O3S/c1-8-10(11(21-4)16-9(2)15-8)12(18)17-7-5-6-14(17,3)13(19)20/h5-7H2,1-4H3,(H,19,20). The molecular formula is C14H19N3O3S. The van der Waals surface area contributed by atoms with Gasteiger partial charge in [-0.05, 0) is 39.9 Å². The topological polar surface area (TPSA) is 83.4 Å². The van der Waals surface area contributed by atoms with Crippen LogP contribution in [0.2, 0.25) is 0 Å². The molecule has 0 bridgehead atoms. The molecule has 1 atom stereocenters. The Balaban J connectivity index is 2.48. The number of hydrogen-bond acceptors (Lipinski definition) is 5. The molecule has 7 heteroatoms. The highest BCUT2D eigenvalue weighted by molar-refractivity contribution is 7.98. The van der Waals surface area contributed by atoms with Gasteiger partial charge in [0.2, 0.25) is 0 Å². The number of carbonyl (C=O) groups excluding carboxylic acids is 1. The molecule has 0 aliphatic carbocycles. The van der Waals surface area contributed by atoms with Gasteiger partial charge >= 0.3 is 5.97 Å². The second-order valence-corrected chi connectivity index (χ2v) is 6.17. The Hall–Kier alpha value is -1.63. The molecule has 2 rings (SSSR count). The molecule has 0 spiro atoms. The van der Waals surface area contributed by atoms with Crippen LogP contribution < -0.4 is 0 Å². The number of carbonyl (C=O) groups is 2. The fourth-order valence-corrected chi connectivity index (χ4v) is 3.38. The van der Waals surface area contributed by atoms with E-state index in [0.717, 1.165) is 0 Å². The minimum absolute atomic E-state index is 0.292. The Morgan fingerprint density at radius 1 is 1.33 bits per heavy atom. The molecule has 1 fully saturated rings. The van der Waals surface area contributed by atoms with Crippen molar-refractivity contribution in [1.29, 1.82) is 0 Å². The van der Waals surface area contributed by atoms with E-state index >= 15 is 0 Å². The minimum atomic E-state index is -1.15. The fraction of sp³-hybridized carbons (Fsp3) is 0.571. The summed E-state index contributed by atoms with van der Waals surface area (Å²) < 4.78 is 0. The molecule has 0 radical (unpaired) electrons. The zero-order valence-electron chi connectivity index (χ0n) is 12.6. The summed E-state index contributed by atoms with van der Waals surface area (Å²) in [5.41, 5.74) is -0.136. The Kier molecular flexibility index (Phi) is 4.22. The van der Waals surface area contributed by atoms with E-state index in [1.807, 2.05) is 6.26 Å². The second-order valence-electron chi connectivity index (χ2n) is 5.38. The van der Waals surface area contributed by atoms with Crippen LogP contribution in [0, 0.1) is 13.8 Å². The van der Waals surface area contributed by atoms with Crippen LogP contribution in [-0.2, 0) is 4.79 Å². The number of carboxylic acids is 1. The number of carboxylic acid groups (broad SMARTS) is 1. The molecule has 1 unspecified atom stereocenters. The molecule has 6 nitrogen and oxygen atoms in total. The van der Waals surface area contributed by atoms with Crippen LogP contribution in [0.1, 0.15) is 41.6 Å². The van der Waals surface area contributed by atoms with Crippen molar-refractivity contribution >= 4 is 23.6 Å². The van der Waals surface area contributed by atoms with E-state index in [1.165, 1.54) is 16.7 Å². The van der Waals surface area contributed by atoms with E-state index in [-0.39, 0.29) is 5.91 Å². The first kappa shape index (κ1) is 15.8. The van der Waals surface area contributed by atoms with Gasteiger partial charge in [-0.15, -0.1) is 11.8 Å². The van der Waals surface area contributed by atoms with E-state index in [1.54, 1.807) is 20.8 Å². The highest BCUT2D eigenvalue weighted by Gasteiger charge is 2.46. The summed E-state index contributed by atoms with van der Waals surface area (Å²) >= 11 is 1.37.